The van der Waals surface area contributed by atoms with Gasteiger partial charge in [0.15, 0.2) is 11.5 Å². The van der Waals surface area contributed by atoms with Gasteiger partial charge in [0.05, 0.1) is 11.6 Å². The normalized spacial score (nSPS) is 17.1. The van der Waals surface area contributed by atoms with Crippen LogP contribution in [0.2, 0.25) is 0 Å². The number of halogens is 3. The quantitative estimate of drug-likeness (QED) is 0.353. The number of para-hydroxylation sites is 1. The van der Waals surface area contributed by atoms with Gasteiger partial charge in [-0.15, -0.1) is 0 Å². The number of rotatable bonds is 3. The van der Waals surface area contributed by atoms with Crippen molar-refractivity contribution in [3.8, 4) is 11.5 Å². The molecule has 0 saturated heterocycles. The van der Waals surface area contributed by atoms with Crippen molar-refractivity contribution in [2.75, 3.05) is 13.3 Å². The molecule has 5 nitrogen and oxygen atoms in total. The van der Waals surface area contributed by atoms with Gasteiger partial charge in [0.1, 0.15) is 0 Å². The summed E-state index contributed by atoms with van der Waals surface area (Å²) >= 11 is 0. The third-order valence-electron chi connectivity index (χ3n) is 6.69. The number of hydrogen-bond acceptors (Lipinski definition) is 3. The van der Waals surface area contributed by atoms with E-state index < -0.39 is 11.7 Å². The predicted molar refractivity (Wildman–Crippen MR) is 129 cm³/mol. The van der Waals surface area contributed by atoms with Crippen molar-refractivity contribution in [1.29, 1.82) is 0 Å². The molecule has 0 radical (unpaired) electrons. The number of carbonyl (C=O) groups is 1. The first-order valence-corrected chi connectivity index (χ1v) is 11.5. The Hall–Kier alpha value is -4.20. The fourth-order valence-electron chi connectivity index (χ4n) is 4.95. The average Bonchev–Trinajstić information content (AvgIpc) is 3.50. The summed E-state index contributed by atoms with van der Waals surface area (Å²) in [6, 6.07) is 18.1. The molecule has 0 aliphatic carbocycles. The van der Waals surface area contributed by atoms with Crippen molar-refractivity contribution in [2.45, 2.75) is 18.6 Å². The second-order valence-electron chi connectivity index (χ2n) is 8.81. The van der Waals surface area contributed by atoms with E-state index in [4.69, 9.17) is 9.47 Å². The number of aromatic nitrogens is 1. The Morgan fingerprint density at radius 2 is 1.78 bits per heavy atom. The Labute approximate surface area is 204 Å². The maximum atomic E-state index is 13.4. The number of nitrogens with one attached hydrogen (secondary N) is 1. The maximum Gasteiger partial charge on any atom is 0.416 e. The highest BCUT2D eigenvalue weighted by molar-refractivity contribution is 5.93. The molecule has 1 amide bonds. The average molecular weight is 490 g/mol. The molecule has 3 aromatic carbocycles. The zero-order valence-electron chi connectivity index (χ0n) is 19.0. The summed E-state index contributed by atoms with van der Waals surface area (Å²) in [5, 5.41) is 1.13. The Balaban J connectivity index is 1.36. The van der Waals surface area contributed by atoms with Crippen molar-refractivity contribution in [2.24, 2.45) is 0 Å². The van der Waals surface area contributed by atoms with E-state index in [1.807, 2.05) is 36.4 Å². The van der Waals surface area contributed by atoms with Gasteiger partial charge < -0.3 is 19.4 Å². The van der Waals surface area contributed by atoms with E-state index in [-0.39, 0.29) is 18.7 Å². The summed E-state index contributed by atoms with van der Waals surface area (Å²) < 4.78 is 49.6. The molecule has 3 heterocycles. The molecule has 2 aliphatic rings. The van der Waals surface area contributed by atoms with E-state index in [0.29, 0.717) is 30.0 Å². The van der Waals surface area contributed by atoms with Gasteiger partial charge in [-0.25, -0.2) is 0 Å². The van der Waals surface area contributed by atoms with Crippen LogP contribution in [-0.2, 0) is 17.4 Å². The van der Waals surface area contributed by atoms with Crippen LogP contribution in [0.15, 0.2) is 72.8 Å². The highest BCUT2D eigenvalue weighted by Crippen LogP contribution is 2.42. The number of hydrogen-bond donors (Lipinski definition) is 1. The topological polar surface area (TPSA) is 54.6 Å². The second-order valence-corrected chi connectivity index (χ2v) is 8.81. The predicted octanol–water partition coefficient (Wildman–Crippen LogP) is 6.10. The molecule has 0 spiro atoms. The van der Waals surface area contributed by atoms with Crippen molar-refractivity contribution in [1.82, 2.24) is 9.88 Å². The third kappa shape index (κ3) is 3.88. The monoisotopic (exact) mass is 490 g/mol. The molecular formula is C28H21F3N2O3. The fourth-order valence-corrected chi connectivity index (χ4v) is 4.95. The lowest BCUT2D eigenvalue weighted by atomic mass is 9.92. The van der Waals surface area contributed by atoms with Gasteiger partial charge in [-0.2, -0.15) is 13.2 Å². The van der Waals surface area contributed by atoms with Crippen LogP contribution in [0.4, 0.5) is 13.2 Å². The van der Waals surface area contributed by atoms with Crippen LogP contribution in [0, 0.1) is 0 Å². The lowest BCUT2D eigenvalue weighted by molar-refractivity contribution is -0.137. The Bertz CT molecular complexity index is 1490. The number of ether oxygens (including phenoxy) is 2. The van der Waals surface area contributed by atoms with Gasteiger partial charge in [-0.05, 0) is 59.5 Å². The minimum absolute atomic E-state index is 0.152. The molecule has 6 rings (SSSR count). The molecule has 0 fully saturated rings. The largest absolute Gasteiger partial charge is 0.454 e. The van der Waals surface area contributed by atoms with E-state index in [9.17, 15) is 18.0 Å². The van der Waals surface area contributed by atoms with E-state index >= 15 is 0 Å². The van der Waals surface area contributed by atoms with Crippen LogP contribution in [0.3, 0.4) is 0 Å². The summed E-state index contributed by atoms with van der Waals surface area (Å²) in [4.78, 5) is 18.7. The number of fused-ring (bicyclic) bond motifs is 4. The molecule has 8 heteroatoms. The molecule has 4 aromatic rings. The molecule has 1 atom stereocenters. The minimum atomic E-state index is -4.40. The maximum absolute atomic E-state index is 13.4. The summed E-state index contributed by atoms with van der Waals surface area (Å²) in [5.74, 6) is 1.05. The molecule has 36 heavy (non-hydrogen) atoms. The number of H-pyrrole nitrogens is 1. The highest BCUT2D eigenvalue weighted by Gasteiger charge is 2.35. The van der Waals surface area contributed by atoms with E-state index in [1.165, 1.54) is 23.8 Å². The Morgan fingerprint density at radius 1 is 1.00 bits per heavy atom. The highest BCUT2D eigenvalue weighted by atomic mass is 19.4. The number of benzene rings is 3. The number of alkyl halides is 3. The lowest BCUT2D eigenvalue weighted by Gasteiger charge is -2.35. The first-order valence-electron chi connectivity index (χ1n) is 11.5. The third-order valence-corrected chi connectivity index (χ3v) is 6.69. The second kappa shape index (κ2) is 8.48. The van der Waals surface area contributed by atoms with Crippen molar-refractivity contribution in [3.63, 3.8) is 0 Å². The zero-order valence-corrected chi connectivity index (χ0v) is 19.0. The van der Waals surface area contributed by atoms with Gasteiger partial charge in [0.25, 0.3) is 0 Å². The standard InChI is InChI=1S/C28H21F3N2O3/c29-28(30,31)19-9-5-17(6-10-19)7-12-25(34)33-14-13-21-20-3-1-2-4-22(20)32-26(21)27(33)18-8-11-23-24(15-18)36-16-35-23/h1-12,15,27,32H,13-14,16H2/b12-7+. The first kappa shape index (κ1) is 22.3. The van der Waals surface area contributed by atoms with Crippen LogP contribution in [-0.4, -0.2) is 29.1 Å². The molecular weight excluding hydrogens is 469 g/mol. The van der Waals surface area contributed by atoms with Gasteiger partial charge in [0, 0.05) is 29.2 Å². The molecule has 1 N–H and O–H groups in total. The number of nitrogens with zero attached hydrogens (tertiary/aromatic N) is 1. The van der Waals surface area contributed by atoms with Crippen LogP contribution in [0.1, 0.15) is 34.0 Å². The Morgan fingerprint density at radius 3 is 2.58 bits per heavy atom. The van der Waals surface area contributed by atoms with Crippen molar-refractivity contribution >= 4 is 22.9 Å². The first-order chi connectivity index (χ1) is 17.4. The smallest absolute Gasteiger partial charge is 0.416 e. The zero-order chi connectivity index (χ0) is 24.9. The molecule has 0 bridgehead atoms. The van der Waals surface area contributed by atoms with E-state index in [0.717, 1.165) is 34.3 Å². The molecule has 1 aromatic heterocycles. The summed E-state index contributed by atoms with van der Waals surface area (Å²) in [5.41, 5.74) is 3.78. The minimum Gasteiger partial charge on any atom is -0.454 e. The number of carbonyl (C=O) groups excluding carboxylic acids is 1. The molecule has 182 valence electrons. The van der Waals surface area contributed by atoms with Gasteiger partial charge in [-0.1, -0.05) is 36.4 Å². The molecule has 2 aliphatic heterocycles. The van der Waals surface area contributed by atoms with Crippen LogP contribution >= 0.6 is 0 Å². The van der Waals surface area contributed by atoms with Crippen LogP contribution < -0.4 is 9.47 Å². The van der Waals surface area contributed by atoms with E-state index in [1.54, 1.807) is 11.0 Å². The molecule has 0 saturated carbocycles. The van der Waals surface area contributed by atoms with Gasteiger partial charge in [0.2, 0.25) is 12.7 Å². The van der Waals surface area contributed by atoms with Crippen molar-refractivity contribution in [3.05, 3.63) is 101 Å². The van der Waals surface area contributed by atoms with Gasteiger partial charge in [-0.3, -0.25) is 4.79 Å². The summed E-state index contributed by atoms with van der Waals surface area (Å²) in [7, 11) is 0. The number of aromatic amines is 1. The summed E-state index contributed by atoms with van der Waals surface area (Å²) in [6.07, 6.45) is -0.766. The molecule has 1 unspecified atom stereocenters. The fraction of sp³-hybridized carbons (Fsp3) is 0.179. The number of amides is 1. The Kier molecular flexibility index (Phi) is 5.25. The van der Waals surface area contributed by atoms with Crippen molar-refractivity contribution < 1.29 is 27.4 Å². The lowest BCUT2D eigenvalue weighted by Crippen LogP contribution is -2.39. The van der Waals surface area contributed by atoms with E-state index in [2.05, 4.69) is 11.1 Å². The van der Waals surface area contributed by atoms with Crippen LogP contribution in [0.25, 0.3) is 17.0 Å². The SMILES string of the molecule is O=C(/C=C/c1ccc(C(F)(F)F)cc1)N1CCc2c([nH]c3ccccc23)C1c1ccc2c(c1)OCO2. The van der Waals surface area contributed by atoms with Gasteiger partial charge >= 0.3 is 6.18 Å². The van der Waals surface area contributed by atoms with Crippen LogP contribution in [0.5, 0.6) is 11.5 Å². The summed E-state index contributed by atoms with van der Waals surface area (Å²) in [6.45, 7) is 0.643.